The molecule has 5 nitrogen and oxygen atoms in total. The fourth-order valence-electron chi connectivity index (χ4n) is 4.31. The molecule has 2 aromatic carbocycles. The quantitative estimate of drug-likeness (QED) is 0.288. The highest BCUT2D eigenvalue weighted by atomic mass is 16.5. The Bertz CT molecular complexity index is 1530. The molecule has 0 spiro atoms. The van der Waals surface area contributed by atoms with Gasteiger partial charge in [-0.25, -0.2) is 0 Å². The van der Waals surface area contributed by atoms with E-state index in [1.807, 2.05) is 36.7 Å². The van der Waals surface area contributed by atoms with E-state index < -0.39 is 0 Å². The van der Waals surface area contributed by atoms with E-state index in [0.717, 1.165) is 39.4 Å². The minimum atomic E-state index is 0.295. The van der Waals surface area contributed by atoms with Gasteiger partial charge in [0.05, 0.1) is 18.9 Å². The van der Waals surface area contributed by atoms with E-state index in [-0.39, 0.29) is 0 Å². The van der Waals surface area contributed by atoms with Crippen LogP contribution < -0.4 is 4.74 Å². The number of fused-ring (bicyclic) bond motifs is 2. The molecule has 5 rings (SSSR count). The number of ether oxygens (including phenoxy) is 1. The van der Waals surface area contributed by atoms with Crippen LogP contribution in [0.2, 0.25) is 0 Å². The van der Waals surface area contributed by atoms with E-state index in [1.54, 1.807) is 18.5 Å². The molecule has 0 fully saturated rings. The Kier molecular flexibility index (Phi) is 6.05. The number of aromatic nitrogens is 3. The highest BCUT2D eigenvalue weighted by Crippen LogP contribution is 2.33. The fraction of sp³-hybridized carbons (Fsp3) is 0.138. The summed E-state index contributed by atoms with van der Waals surface area (Å²) < 4.78 is 6.26. The average molecular weight is 445 g/mol. The van der Waals surface area contributed by atoms with Crippen molar-refractivity contribution >= 4 is 27.8 Å². The molecule has 0 radical (unpaired) electrons. The molecule has 0 aliphatic carbocycles. The van der Waals surface area contributed by atoms with Crippen LogP contribution in [0.15, 0.2) is 85.6 Å². The Balaban J connectivity index is 1.40. The van der Waals surface area contributed by atoms with Gasteiger partial charge in [-0.2, -0.15) is 5.26 Å². The summed E-state index contributed by atoms with van der Waals surface area (Å²) in [5, 5.41) is 12.6. The molecule has 0 saturated heterocycles. The summed E-state index contributed by atoms with van der Waals surface area (Å²) in [5.41, 5.74) is 5.23. The first-order valence-electron chi connectivity index (χ1n) is 11.3. The summed E-state index contributed by atoms with van der Waals surface area (Å²) in [5.74, 6) is 0.966. The number of aromatic amines is 1. The van der Waals surface area contributed by atoms with E-state index in [4.69, 9.17) is 10.00 Å². The fourth-order valence-corrected chi connectivity index (χ4v) is 4.31. The van der Waals surface area contributed by atoms with Gasteiger partial charge in [-0.15, -0.1) is 0 Å². The molecule has 1 N–H and O–H groups in total. The van der Waals surface area contributed by atoms with Crippen LogP contribution in [-0.2, 0) is 6.42 Å². The van der Waals surface area contributed by atoms with Gasteiger partial charge in [0, 0.05) is 58.3 Å². The molecular weight excluding hydrogens is 420 g/mol. The second-order valence-corrected chi connectivity index (χ2v) is 8.48. The number of H-pyrrole nitrogens is 1. The molecule has 0 bridgehead atoms. The van der Waals surface area contributed by atoms with Crippen molar-refractivity contribution in [3.05, 3.63) is 96.7 Å². The molecule has 1 atom stereocenters. The van der Waals surface area contributed by atoms with Crippen LogP contribution in [-0.4, -0.2) is 21.6 Å². The van der Waals surface area contributed by atoms with Crippen LogP contribution in [0, 0.1) is 17.2 Å². The van der Waals surface area contributed by atoms with E-state index in [1.165, 1.54) is 17.0 Å². The molecule has 3 heterocycles. The van der Waals surface area contributed by atoms with Crippen molar-refractivity contribution in [2.75, 3.05) is 6.61 Å². The van der Waals surface area contributed by atoms with Crippen molar-refractivity contribution < 1.29 is 4.74 Å². The topological polar surface area (TPSA) is 74.6 Å². The number of para-hydroxylation sites is 1. The lowest BCUT2D eigenvalue weighted by atomic mass is 9.98. The molecular formula is C29H24N4O. The van der Waals surface area contributed by atoms with Gasteiger partial charge in [-0.1, -0.05) is 37.3 Å². The number of pyridine rings is 2. The molecule has 34 heavy (non-hydrogen) atoms. The number of nitrogens with zero attached hydrogens (tertiary/aromatic N) is 3. The van der Waals surface area contributed by atoms with Crippen molar-refractivity contribution in [3.8, 4) is 22.9 Å². The zero-order valence-corrected chi connectivity index (χ0v) is 18.9. The van der Waals surface area contributed by atoms with Crippen LogP contribution in [0.25, 0.3) is 38.9 Å². The summed E-state index contributed by atoms with van der Waals surface area (Å²) in [6.45, 7) is 2.72. The Morgan fingerprint density at radius 3 is 2.88 bits per heavy atom. The second kappa shape index (κ2) is 9.60. The Morgan fingerprint density at radius 1 is 1.06 bits per heavy atom. The lowest BCUT2D eigenvalue weighted by molar-refractivity contribution is 0.258. The van der Waals surface area contributed by atoms with Gasteiger partial charge in [-0.05, 0) is 53.1 Å². The smallest absolute Gasteiger partial charge is 0.145 e. The molecule has 0 aliphatic rings. The normalized spacial score (nSPS) is 12.2. The predicted octanol–water partition coefficient (Wildman–Crippen LogP) is 6.57. The Hall–Kier alpha value is -4.43. The highest BCUT2D eigenvalue weighted by Gasteiger charge is 2.14. The summed E-state index contributed by atoms with van der Waals surface area (Å²) in [7, 11) is 0. The molecule has 0 unspecified atom stereocenters. The van der Waals surface area contributed by atoms with Gasteiger partial charge in [0.1, 0.15) is 5.75 Å². The van der Waals surface area contributed by atoms with Crippen molar-refractivity contribution in [3.63, 3.8) is 0 Å². The number of nitrogens with one attached hydrogen (secondary N) is 1. The first-order valence-corrected chi connectivity index (χ1v) is 11.3. The molecule has 5 heteroatoms. The van der Waals surface area contributed by atoms with Crippen LogP contribution in [0.5, 0.6) is 5.75 Å². The third kappa shape index (κ3) is 4.39. The first kappa shape index (κ1) is 21.4. The largest absolute Gasteiger partial charge is 0.491 e. The average Bonchev–Trinajstić information content (AvgIpc) is 3.28. The minimum absolute atomic E-state index is 0.295. The van der Waals surface area contributed by atoms with Crippen molar-refractivity contribution in [2.24, 2.45) is 5.92 Å². The van der Waals surface area contributed by atoms with E-state index in [2.05, 4.69) is 58.4 Å². The van der Waals surface area contributed by atoms with Gasteiger partial charge < -0.3 is 9.72 Å². The number of nitriles is 1. The lowest BCUT2D eigenvalue weighted by Crippen LogP contribution is -2.12. The van der Waals surface area contributed by atoms with Crippen LogP contribution >= 0.6 is 0 Å². The number of hydrogen-bond donors (Lipinski definition) is 1. The third-order valence-electron chi connectivity index (χ3n) is 5.99. The molecule has 166 valence electrons. The summed E-state index contributed by atoms with van der Waals surface area (Å²) >= 11 is 0. The van der Waals surface area contributed by atoms with E-state index in [0.29, 0.717) is 18.3 Å². The number of rotatable bonds is 7. The summed E-state index contributed by atoms with van der Waals surface area (Å²) in [4.78, 5) is 12.0. The molecule has 0 aliphatic heterocycles. The molecule has 0 saturated carbocycles. The lowest BCUT2D eigenvalue weighted by Gasteiger charge is -2.16. The summed E-state index contributed by atoms with van der Waals surface area (Å²) in [6.07, 6.45) is 13.4. The van der Waals surface area contributed by atoms with Crippen molar-refractivity contribution in [1.29, 1.82) is 5.26 Å². The SMILES string of the molecule is C[C@H](COc1cncc(-c2ccc3cnccc3c2)c1/C=C/C#N)Cc1c[nH]c2ccccc12. The van der Waals surface area contributed by atoms with Gasteiger partial charge in [0.2, 0.25) is 0 Å². The standard InChI is InChI=1S/C29H24N4O/c1-20(13-24-16-33-28-7-3-2-5-25(24)28)19-34-29-18-32-17-27(26(29)6-4-11-30)22-8-9-23-15-31-12-10-21(23)14-22/h2-10,12,14-18,20,33H,13,19H2,1H3/b6-4+/t20-/m0/s1. The third-order valence-corrected chi connectivity index (χ3v) is 5.99. The van der Waals surface area contributed by atoms with Gasteiger partial charge in [0.15, 0.2) is 0 Å². The Morgan fingerprint density at radius 2 is 1.97 bits per heavy atom. The second-order valence-electron chi connectivity index (χ2n) is 8.48. The zero-order chi connectivity index (χ0) is 23.3. The first-order chi connectivity index (χ1) is 16.7. The molecule has 5 aromatic rings. The maximum Gasteiger partial charge on any atom is 0.145 e. The van der Waals surface area contributed by atoms with Crippen molar-refractivity contribution in [2.45, 2.75) is 13.3 Å². The van der Waals surface area contributed by atoms with Gasteiger partial charge in [-0.3, -0.25) is 9.97 Å². The predicted molar refractivity (Wildman–Crippen MR) is 136 cm³/mol. The molecule has 3 aromatic heterocycles. The van der Waals surface area contributed by atoms with Gasteiger partial charge in [0.25, 0.3) is 0 Å². The number of allylic oxidation sites excluding steroid dienone is 1. The highest BCUT2D eigenvalue weighted by molar-refractivity contribution is 5.89. The maximum atomic E-state index is 9.17. The number of benzene rings is 2. The Labute approximate surface area is 198 Å². The number of hydrogen-bond acceptors (Lipinski definition) is 4. The van der Waals surface area contributed by atoms with Crippen LogP contribution in [0.4, 0.5) is 0 Å². The van der Waals surface area contributed by atoms with Crippen LogP contribution in [0.3, 0.4) is 0 Å². The zero-order valence-electron chi connectivity index (χ0n) is 18.9. The monoisotopic (exact) mass is 444 g/mol. The van der Waals surface area contributed by atoms with E-state index >= 15 is 0 Å². The maximum absolute atomic E-state index is 9.17. The van der Waals surface area contributed by atoms with Crippen LogP contribution in [0.1, 0.15) is 18.1 Å². The van der Waals surface area contributed by atoms with Gasteiger partial charge >= 0.3 is 0 Å². The molecule has 0 amide bonds. The van der Waals surface area contributed by atoms with Crippen molar-refractivity contribution in [1.82, 2.24) is 15.0 Å². The minimum Gasteiger partial charge on any atom is -0.491 e. The van der Waals surface area contributed by atoms with E-state index in [9.17, 15) is 0 Å². The summed E-state index contributed by atoms with van der Waals surface area (Å²) in [6, 6.07) is 18.6.